The number of hydrogen-bond donors (Lipinski definition) is 0. The Morgan fingerprint density at radius 1 is 1.36 bits per heavy atom. The maximum atomic E-state index is 11.7. The van der Waals surface area contributed by atoms with Gasteiger partial charge in [-0.25, -0.2) is 0 Å². The molecule has 0 N–H and O–H groups in total. The zero-order chi connectivity index (χ0) is 10.1. The molecule has 0 saturated carbocycles. The van der Waals surface area contributed by atoms with Gasteiger partial charge in [0.25, 0.3) is 0 Å². The number of rotatable bonds is 1. The molecule has 2 rings (SSSR count). The van der Waals surface area contributed by atoms with Crippen molar-refractivity contribution in [1.82, 2.24) is 0 Å². The molecule has 1 aliphatic carbocycles. The topological polar surface area (TPSA) is 26.3 Å². The molecular weight excluding hydrogens is 200 g/mol. The van der Waals surface area contributed by atoms with Gasteiger partial charge in [-0.15, -0.1) is 0 Å². The molecule has 0 bridgehead atoms. The van der Waals surface area contributed by atoms with E-state index in [1.807, 2.05) is 0 Å². The molecule has 1 aromatic carbocycles. The van der Waals surface area contributed by atoms with Gasteiger partial charge in [0, 0.05) is 11.4 Å². The average molecular weight is 211 g/mol. The maximum Gasteiger partial charge on any atom is 0.166 e. The summed E-state index contributed by atoms with van der Waals surface area (Å²) in [5, 5.41) is 0.675. The van der Waals surface area contributed by atoms with E-state index >= 15 is 0 Å². The first kappa shape index (κ1) is 9.53. The number of halogens is 1. The molecule has 0 spiro atoms. The van der Waals surface area contributed by atoms with Crippen molar-refractivity contribution in [2.45, 2.75) is 19.3 Å². The molecule has 0 saturated heterocycles. The second-order valence-corrected chi connectivity index (χ2v) is 3.79. The van der Waals surface area contributed by atoms with E-state index in [0.717, 1.165) is 18.4 Å². The lowest BCUT2D eigenvalue weighted by atomic mass is 9.90. The third-order valence-electron chi connectivity index (χ3n) is 2.55. The first-order chi connectivity index (χ1) is 6.74. The van der Waals surface area contributed by atoms with Gasteiger partial charge in [-0.05, 0) is 30.5 Å². The van der Waals surface area contributed by atoms with Gasteiger partial charge in [0.15, 0.2) is 5.78 Å². The molecule has 0 heterocycles. The Morgan fingerprint density at radius 3 is 2.86 bits per heavy atom. The highest BCUT2D eigenvalue weighted by molar-refractivity contribution is 6.32. The highest BCUT2D eigenvalue weighted by atomic mass is 35.5. The summed E-state index contributed by atoms with van der Waals surface area (Å²) in [6.45, 7) is 0. The smallest absolute Gasteiger partial charge is 0.166 e. The first-order valence-corrected chi connectivity index (χ1v) is 5.00. The summed E-state index contributed by atoms with van der Waals surface area (Å²) in [5.41, 5.74) is 1.63. The van der Waals surface area contributed by atoms with Crippen LogP contribution in [0.4, 0.5) is 0 Å². The van der Waals surface area contributed by atoms with Crippen LogP contribution in [-0.2, 0) is 6.42 Å². The zero-order valence-electron chi connectivity index (χ0n) is 7.97. The van der Waals surface area contributed by atoms with Gasteiger partial charge >= 0.3 is 0 Å². The van der Waals surface area contributed by atoms with E-state index < -0.39 is 0 Å². The molecule has 0 amide bonds. The van der Waals surface area contributed by atoms with E-state index in [-0.39, 0.29) is 5.78 Å². The van der Waals surface area contributed by atoms with Crippen LogP contribution in [0.2, 0.25) is 5.02 Å². The van der Waals surface area contributed by atoms with E-state index in [1.54, 1.807) is 19.2 Å². The number of carbonyl (C=O) groups excluding carboxylic acids is 1. The Morgan fingerprint density at radius 2 is 2.14 bits per heavy atom. The maximum absolute atomic E-state index is 11.7. The van der Waals surface area contributed by atoms with Crippen molar-refractivity contribution in [3.8, 4) is 5.75 Å². The number of ether oxygens (including phenoxy) is 1. The minimum Gasteiger partial charge on any atom is -0.496 e. The third-order valence-corrected chi connectivity index (χ3v) is 2.90. The highest BCUT2D eigenvalue weighted by Crippen LogP contribution is 2.34. The lowest BCUT2D eigenvalue weighted by Crippen LogP contribution is -2.12. The molecule has 14 heavy (non-hydrogen) atoms. The second-order valence-electron chi connectivity index (χ2n) is 3.38. The van der Waals surface area contributed by atoms with Crippen LogP contribution in [0.25, 0.3) is 0 Å². The molecule has 0 radical (unpaired) electrons. The Balaban J connectivity index is 2.64. The predicted octanol–water partition coefficient (Wildman–Crippen LogP) is 2.87. The van der Waals surface area contributed by atoms with Crippen LogP contribution in [-0.4, -0.2) is 12.9 Å². The minimum atomic E-state index is 0.144. The van der Waals surface area contributed by atoms with Gasteiger partial charge in [-0.1, -0.05) is 11.6 Å². The van der Waals surface area contributed by atoms with Crippen molar-refractivity contribution < 1.29 is 9.53 Å². The monoisotopic (exact) mass is 210 g/mol. The Bertz CT molecular complexity index is 385. The van der Waals surface area contributed by atoms with Crippen LogP contribution >= 0.6 is 11.6 Å². The molecule has 0 unspecified atom stereocenters. The predicted molar refractivity (Wildman–Crippen MR) is 55.3 cm³/mol. The molecule has 3 heteroatoms. The summed E-state index contributed by atoms with van der Waals surface area (Å²) < 4.78 is 5.16. The second kappa shape index (κ2) is 3.62. The minimum absolute atomic E-state index is 0.144. The molecule has 0 aromatic heterocycles. The number of fused-ring (bicyclic) bond motifs is 1. The zero-order valence-corrected chi connectivity index (χ0v) is 8.73. The van der Waals surface area contributed by atoms with Gasteiger partial charge in [0.2, 0.25) is 0 Å². The standard InChI is InChI=1S/C11H11ClO2/c1-14-10-6-5-8(12)7-3-2-4-9(13)11(7)10/h5-6H,2-4H2,1H3. The van der Waals surface area contributed by atoms with Crippen molar-refractivity contribution in [1.29, 1.82) is 0 Å². The fraction of sp³-hybridized carbons (Fsp3) is 0.364. The van der Waals surface area contributed by atoms with Crippen LogP contribution in [0.5, 0.6) is 5.75 Å². The quantitative estimate of drug-likeness (QED) is 0.713. The Hall–Kier alpha value is -1.02. The molecule has 1 aromatic rings. The number of ketones is 1. The van der Waals surface area contributed by atoms with Gasteiger partial charge in [-0.2, -0.15) is 0 Å². The van der Waals surface area contributed by atoms with Gasteiger partial charge < -0.3 is 4.74 Å². The normalized spacial score (nSPS) is 15.1. The molecule has 0 atom stereocenters. The summed E-state index contributed by atoms with van der Waals surface area (Å²) in [4.78, 5) is 11.7. The van der Waals surface area contributed by atoms with Gasteiger partial charge in [0.1, 0.15) is 5.75 Å². The fourth-order valence-electron chi connectivity index (χ4n) is 1.87. The molecular formula is C11H11ClO2. The van der Waals surface area contributed by atoms with Crippen LogP contribution in [0.1, 0.15) is 28.8 Å². The van der Waals surface area contributed by atoms with Crippen LogP contribution in [0.3, 0.4) is 0 Å². The number of methoxy groups -OCH3 is 1. The van der Waals surface area contributed by atoms with Crippen LogP contribution in [0, 0.1) is 0 Å². The van der Waals surface area contributed by atoms with E-state index in [9.17, 15) is 4.79 Å². The SMILES string of the molecule is COc1ccc(Cl)c2c1C(=O)CCC2. The number of benzene rings is 1. The molecule has 74 valence electrons. The average Bonchev–Trinajstić information content (AvgIpc) is 2.20. The fourth-order valence-corrected chi connectivity index (χ4v) is 2.12. The highest BCUT2D eigenvalue weighted by Gasteiger charge is 2.23. The van der Waals surface area contributed by atoms with Crippen molar-refractivity contribution in [3.05, 3.63) is 28.3 Å². The lowest BCUT2D eigenvalue weighted by Gasteiger charge is -2.18. The van der Waals surface area contributed by atoms with Crippen molar-refractivity contribution >= 4 is 17.4 Å². The van der Waals surface area contributed by atoms with E-state index in [1.165, 1.54) is 0 Å². The summed E-state index contributed by atoms with van der Waals surface area (Å²) in [5.74, 6) is 0.791. The van der Waals surface area contributed by atoms with E-state index in [0.29, 0.717) is 22.8 Å². The summed E-state index contributed by atoms with van der Waals surface area (Å²) in [7, 11) is 1.57. The summed E-state index contributed by atoms with van der Waals surface area (Å²) in [6.07, 6.45) is 2.36. The van der Waals surface area contributed by atoms with Crippen LogP contribution < -0.4 is 4.74 Å². The molecule has 2 nitrogen and oxygen atoms in total. The number of carbonyl (C=O) groups is 1. The Labute approximate surface area is 87.8 Å². The van der Waals surface area contributed by atoms with E-state index in [2.05, 4.69) is 0 Å². The third kappa shape index (κ3) is 1.40. The van der Waals surface area contributed by atoms with Gasteiger partial charge in [-0.3, -0.25) is 4.79 Å². The molecule has 0 fully saturated rings. The van der Waals surface area contributed by atoms with Gasteiger partial charge in [0.05, 0.1) is 12.7 Å². The summed E-state index contributed by atoms with van der Waals surface area (Å²) >= 11 is 6.03. The number of hydrogen-bond acceptors (Lipinski definition) is 2. The van der Waals surface area contributed by atoms with Crippen LogP contribution in [0.15, 0.2) is 12.1 Å². The van der Waals surface area contributed by atoms with Crippen molar-refractivity contribution in [2.75, 3.05) is 7.11 Å². The van der Waals surface area contributed by atoms with E-state index in [4.69, 9.17) is 16.3 Å². The summed E-state index contributed by atoms with van der Waals surface area (Å²) in [6, 6.07) is 3.54. The first-order valence-electron chi connectivity index (χ1n) is 4.62. The largest absolute Gasteiger partial charge is 0.496 e. The van der Waals surface area contributed by atoms with Crippen molar-refractivity contribution in [3.63, 3.8) is 0 Å². The molecule has 1 aliphatic rings. The lowest BCUT2D eigenvalue weighted by molar-refractivity contribution is 0.0969. The Kier molecular flexibility index (Phi) is 2.46. The van der Waals surface area contributed by atoms with Crippen molar-refractivity contribution in [2.24, 2.45) is 0 Å². The molecule has 0 aliphatic heterocycles. The number of Topliss-reactive ketones (excluding diaryl/α,β-unsaturated/α-hetero) is 1.